The van der Waals surface area contributed by atoms with E-state index in [1.165, 1.54) is 0 Å². The number of aromatic nitrogens is 6. The molecule has 0 atom stereocenters. The summed E-state index contributed by atoms with van der Waals surface area (Å²) in [5, 5.41) is 14.5. The molecule has 1 amide bonds. The van der Waals surface area contributed by atoms with Crippen LogP contribution in [-0.2, 0) is 17.6 Å². The van der Waals surface area contributed by atoms with Crippen LogP contribution in [-0.4, -0.2) is 41.8 Å². The molecule has 28 heavy (non-hydrogen) atoms. The van der Waals surface area contributed by atoms with Gasteiger partial charge in [0.1, 0.15) is 5.82 Å². The fourth-order valence-electron chi connectivity index (χ4n) is 3.49. The minimum absolute atomic E-state index is 0.0146. The van der Waals surface area contributed by atoms with E-state index in [2.05, 4.69) is 39.4 Å². The highest BCUT2D eigenvalue weighted by Crippen LogP contribution is 2.17. The highest BCUT2D eigenvalue weighted by Gasteiger charge is 2.13. The molecular weight excluding hydrogens is 374 g/mol. The van der Waals surface area contributed by atoms with Crippen LogP contribution in [0.3, 0.4) is 0 Å². The molecule has 0 unspecified atom stereocenters. The molecule has 0 saturated carbocycles. The molecule has 2 N–H and O–H groups in total. The van der Waals surface area contributed by atoms with Crippen LogP contribution in [0.5, 0.6) is 0 Å². The smallest absolute Gasteiger partial charge is 0.220 e. The Morgan fingerprint density at radius 3 is 2.75 bits per heavy atom. The molecule has 3 aromatic heterocycles. The van der Waals surface area contributed by atoms with Crippen LogP contribution in [0, 0.1) is 25.5 Å². The Labute approximate surface area is 169 Å². The van der Waals surface area contributed by atoms with Gasteiger partial charge in [-0.15, -0.1) is 0 Å². The molecule has 0 aliphatic rings. The van der Waals surface area contributed by atoms with Gasteiger partial charge in [-0.1, -0.05) is 0 Å². The van der Waals surface area contributed by atoms with Crippen LogP contribution in [0.25, 0.3) is 5.65 Å². The number of hydrogen-bond acceptors (Lipinski definition) is 5. The fourth-order valence-corrected chi connectivity index (χ4v) is 3.85. The minimum atomic E-state index is 0.0146. The van der Waals surface area contributed by atoms with Crippen molar-refractivity contribution in [3.05, 3.63) is 39.3 Å². The zero-order chi connectivity index (χ0) is 20.4. The molecule has 0 bridgehead atoms. The van der Waals surface area contributed by atoms with Gasteiger partial charge in [-0.05, 0) is 58.8 Å². The summed E-state index contributed by atoms with van der Waals surface area (Å²) in [7, 11) is 0. The third-order valence-electron chi connectivity index (χ3n) is 4.85. The molecule has 0 radical (unpaired) electrons. The molecular formula is C19H27N7OS. The summed E-state index contributed by atoms with van der Waals surface area (Å²) in [6.45, 7) is 10.6. The maximum absolute atomic E-state index is 12.3. The summed E-state index contributed by atoms with van der Waals surface area (Å²) >= 11 is 5.25. The maximum Gasteiger partial charge on any atom is 0.220 e. The van der Waals surface area contributed by atoms with Gasteiger partial charge in [0.15, 0.2) is 10.4 Å². The molecule has 0 aliphatic heterocycles. The molecule has 0 saturated heterocycles. The highest BCUT2D eigenvalue weighted by molar-refractivity contribution is 7.71. The van der Waals surface area contributed by atoms with Gasteiger partial charge in [0.05, 0.1) is 5.69 Å². The summed E-state index contributed by atoms with van der Waals surface area (Å²) in [5.74, 6) is 0.872. The van der Waals surface area contributed by atoms with Gasteiger partial charge in [0.2, 0.25) is 5.91 Å². The molecule has 9 heteroatoms. The zero-order valence-electron chi connectivity index (χ0n) is 17.0. The van der Waals surface area contributed by atoms with Crippen LogP contribution in [0.4, 0.5) is 0 Å². The molecule has 0 aromatic carbocycles. The Hall–Kier alpha value is -2.55. The molecule has 3 heterocycles. The van der Waals surface area contributed by atoms with E-state index in [0.29, 0.717) is 30.6 Å². The first kappa shape index (κ1) is 20.2. The Kier molecular flexibility index (Phi) is 5.93. The second-order valence-electron chi connectivity index (χ2n) is 7.33. The zero-order valence-corrected chi connectivity index (χ0v) is 17.9. The maximum atomic E-state index is 12.3. The predicted octanol–water partition coefficient (Wildman–Crippen LogP) is 2.78. The number of hydrogen-bond donors (Lipinski definition) is 2. The summed E-state index contributed by atoms with van der Waals surface area (Å²) in [6, 6.07) is 2.19. The van der Waals surface area contributed by atoms with Gasteiger partial charge in [-0.3, -0.25) is 9.89 Å². The number of nitrogens with zero attached hydrogens (tertiary/aromatic N) is 5. The van der Waals surface area contributed by atoms with E-state index in [9.17, 15) is 4.79 Å². The van der Waals surface area contributed by atoms with E-state index in [4.69, 9.17) is 12.2 Å². The molecule has 3 rings (SSSR count). The van der Waals surface area contributed by atoms with Crippen LogP contribution < -0.4 is 5.32 Å². The first-order valence-corrected chi connectivity index (χ1v) is 9.93. The summed E-state index contributed by atoms with van der Waals surface area (Å²) in [4.78, 5) is 16.9. The second kappa shape index (κ2) is 8.22. The van der Waals surface area contributed by atoms with Gasteiger partial charge in [0, 0.05) is 42.9 Å². The Balaban J connectivity index is 1.58. The topological polar surface area (TPSA) is 92.9 Å². The van der Waals surface area contributed by atoms with E-state index < -0.39 is 0 Å². The number of aromatic amines is 1. The van der Waals surface area contributed by atoms with Crippen molar-refractivity contribution >= 4 is 23.8 Å². The number of aryl methyl sites for hydroxylation is 3. The van der Waals surface area contributed by atoms with Crippen molar-refractivity contribution < 1.29 is 4.79 Å². The first-order chi connectivity index (χ1) is 13.3. The summed E-state index contributed by atoms with van der Waals surface area (Å²) in [5.41, 5.74) is 4.84. The van der Waals surface area contributed by atoms with Crippen molar-refractivity contribution in [3.63, 3.8) is 0 Å². The highest BCUT2D eigenvalue weighted by atomic mass is 32.1. The quantitative estimate of drug-likeness (QED) is 0.594. The normalized spacial score (nSPS) is 11.5. The lowest BCUT2D eigenvalue weighted by molar-refractivity contribution is -0.121. The van der Waals surface area contributed by atoms with Crippen molar-refractivity contribution in [2.45, 2.75) is 59.9 Å². The lowest BCUT2D eigenvalue weighted by atomic mass is 10.1. The largest absolute Gasteiger partial charge is 0.356 e. The van der Waals surface area contributed by atoms with Crippen LogP contribution in [0.15, 0.2) is 6.07 Å². The van der Waals surface area contributed by atoms with Crippen molar-refractivity contribution in [1.29, 1.82) is 0 Å². The van der Waals surface area contributed by atoms with Crippen LogP contribution in [0.2, 0.25) is 0 Å². The third-order valence-corrected chi connectivity index (χ3v) is 5.14. The lowest BCUT2D eigenvalue weighted by Gasteiger charge is -2.12. The number of fused-ring (bicyclic) bond motifs is 1. The lowest BCUT2D eigenvalue weighted by Crippen LogP contribution is -2.27. The van der Waals surface area contributed by atoms with E-state index in [0.717, 1.165) is 34.1 Å². The van der Waals surface area contributed by atoms with Gasteiger partial charge in [-0.25, -0.2) is 9.50 Å². The van der Waals surface area contributed by atoms with E-state index in [-0.39, 0.29) is 11.9 Å². The Morgan fingerprint density at radius 1 is 1.29 bits per heavy atom. The van der Waals surface area contributed by atoms with Gasteiger partial charge >= 0.3 is 0 Å². The summed E-state index contributed by atoms with van der Waals surface area (Å²) in [6.07, 6.45) is 1.68. The van der Waals surface area contributed by atoms with Gasteiger partial charge in [0.25, 0.3) is 0 Å². The fraction of sp³-hybridized carbons (Fsp3) is 0.526. The Bertz CT molecular complexity index is 1060. The van der Waals surface area contributed by atoms with E-state index >= 15 is 0 Å². The predicted molar refractivity (Wildman–Crippen MR) is 110 cm³/mol. The number of rotatable bonds is 7. The van der Waals surface area contributed by atoms with Crippen LogP contribution >= 0.6 is 12.2 Å². The molecule has 3 aromatic rings. The molecule has 150 valence electrons. The molecule has 0 aliphatic carbocycles. The minimum Gasteiger partial charge on any atom is -0.356 e. The average Bonchev–Trinajstić information content (AvgIpc) is 3.17. The monoisotopic (exact) mass is 401 g/mol. The van der Waals surface area contributed by atoms with Gasteiger partial charge < -0.3 is 9.88 Å². The average molecular weight is 402 g/mol. The summed E-state index contributed by atoms with van der Waals surface area (Å²) < 4.78 is 4.43. The number of amides is 1. The first-order valence-electron chi connectivity index (χ1n) is 9.53. The molecule has 8 nitrogen and oxygen atoms in total. The standard InChI is InChI=1S/C19H27N7OS/c1-11(2)25-16(22-23-19(25)28)8-9-20-18(27)7-6-15-13(4)21-17-10-12(3)24-26(17)14(15)5/h10-11H,6-9H2,1-5H3,(H,20,27)(H,23,28). The number of carbonyl (C=O) groups is 1. The SMILES string of the molecule is Cc1cc2nc(C)c(CCC(=O)NCCc3n[nH]c(=S)n3C(C)C)c(C)n2n1. The molecule has 0 fully saturated rings. The number of nitrogens with one attached hydrogen (secondary N) is 2. The van der Waals surface area contributed by atoms with Crippen LogP contribution in [0.1, 0.15) is 54.8 Å². The number of H-pyrrole nitrogens is 1. The van der Waals surface area contributed by atoms with E-state index in [1.54, 1.807) is 0 Å². The van der Waals surface area contributed by atoms with Crippen molar-refractivity contribution in [2.75, 3.05) is 6.54 Å². The Morgan fingerprint density at radius 2 is 2.04 bits per heavy atom. The second-order valence-corrected chi connectivity index (χ2v) is 7.71. The van der Waals surface area contributed by atoms with Crippen molar-refractivity contribution in [1.82, 2.24) is 34.7 Å². The number of carbonyl (C=O) groups excluding carboxylic acids is 1. The van der Waals surface area contributed by atoms with Gasteiger partial charge in [-0.2, -0.15) is 10.2 Å². The molecule has 0 spiro atoms. The van der Waals surface area contributed by atoms with Crippen molar-refractivity contribution in [3.8, 4) is 0 Å². The van der Waals surface area contributed by atoms with E-state index in [1.807, 2.05) is 35.9 Å². The third kappa shape index (κ3) is 4.14. The van der Waals surface area contributed by atoms with Crippen molar-refractivity contribution in [2.24, 2.45) is 0 Å².